The molecule has 0 aliphatic carbocycles. The highest BCUT2D eigenvalue weighted by atomic mass is 32.2. The van der Waals surface area contributed by atoms with E-state index in [1.54, 1.807) is 42.7 Å². The molecule has 2 aliphatic heterocycles. The fraction of sp³-hybridized carbons (Fsp3) is 0.267. The van der Waals surface area contributed by atoms with Crippen LogP contribution >= 0.6 is 0 Å². The van der Waals surface area contributed by atoms with E-state index in [-0.39, 0.29) is 65.0 Å². The molecule has 0 bridgehead atoms. The largest absolute Gasteiger partial charge is 0.439 e. The van der Waals surface area contributed by atoms with Crippen LogP contribution in [0.3, 0.4) is 0 Å². The van der Waals surface area contributed by atoms with Gasteiger partial charge in [-0.05, 0) is 83.9 Å². The van der Waals surface area contributed by atoms with Crippen LogP contribution in [-0.2, 0) is 56.1 Å². The maximum Gasteiger partial charge on any atom is 0.304 e. The van der Waals surface area contributed by atoms with Gasteiger partial charge in [0.1, 0.15) is 23.3 Å². The number of hydrogen-bond acceptors (Lipinski definition) is 9. The molecule has 4 heterocycles. The van der Waals surface area contributed by atoms with Gasteiger partial charge in [0.05, 0.1) is 6.26 Å². The van der Waals surface area contributed by atoms with Crippen molar-refractivity contribution in [2.24, 2.45) is 0 Å². The molecule has 4 amide bonds. The maximum absolute atomic E-state index is 13.4. The van der Waals surface area contributed by atoms with E-state index in [4.69, 9.17) is 8.92 Å². The summed E-state index contributed by atoms with van der Waals surface area (Å²) in [5.74, 6) is -7.42. The van der Waals surface area contributed by atoms with Gasteiger partial charge >= 0.3 is 5.97 Å². The van der Waals surface area contributed by atoms with Crippen molar-refractivity contribution >= 4 is 72.9 Å². The van der Waals surface area contributed by atoms with Gasteiger partial charge in [-0.1, -0.05) is 14.9 Å². The third-order valence-corrected chi connectivity index (χ3v) is 10.9. The van der Waals surface area contributed by atoms with Gasteiger partial charge in [-0.3, -0.25) is 24.0 Å². The van der Waals surface area contributed by atoms with E-state index in [2.05, 4.69) is 20.6 Å². The Morgan fingerprint density at radius 3 is 1.46 bits per heavy atom. The second kappa shape index (κ2) is 19.4. The average molecular weight is 923 g/mol. The molecule has 8 rings (SSSR count). The Morgan fingerprint density at radius 2 is 1.05 bits per heavy atom. The second-order valence-corrected chi connectivity index (χ2v) is 16.4. The smallest absolute Gasteiger partial charge is 0.304 e. The van der Waals surface area contributed by atoms with Crippen molar-refractivity contribution in [3.8, 4) is 0 Å². The van der Waals surface area contributed by atoms with Crippen molar-refractivity contribution in [3.63, 3.8) is 0 Å². The second-order valence-electron chi connectivity index (χ2n) is 14.9. The summed E-state index contributed by atoms with van der Waals surface area (Å²) in [5.41, 5.74) is -1.33. The van der Waals surface area contributed by atoms with E-state index < -0.39 is 74.2 Å². The fourth-order valence-electron chi connectivity index (χ4n) is 7.56. The number of fused-ring (bicyclic) bond motifs is 2. The molecule has 20 heteroatoms. The van der Waals surface area contributed by atoms with Gasteiger partial charge in [-0.25, -0.2) is 21.7 Å². The summed E-state index contributed by atoms with van der Waals surface area (Å²) in [5, 5.41) is 6.55. The molecule has 4 N–H and O–H groups in total. The SMILES string of the molecule is C.C.CC(=O)O[C@]1(C(=O)NCc2cc(F)cc(F)c2)CCN(c2ccc3[nH]ccc3c2)C1=O.CS(=O)(=O)O[C@@]1(C(=O)NCc2cc(F)cc(F)c2)CCN(c2ccc3[nH]ccc3c2)C1=O. The number of aromatic amines is 2. The normalized spacial score (nSPS) is 18.1. The minimum Gasteiger partial charge on any atom is -0.439 e. The summed E-state index contributed by atoms with van der Waals surface area (Å²) in [4.78, 5) is 73.0. The molecule has 2 aliphatic rings. The number of ether oxygens (including phenoxy) is 1. The predicted molar refractivity (Wildman–Crippen MR) is 234 cm³/mol. The Morgan fingerprint density at radius 1 is 0.646 bits per heavy atom. The molecule has 4 aromatic carbocycles. The number of esters is 1. The summed E-state index contributed by atoms with van der Waals surface area (Å²) in [7, 11) is -4.20. The lowest BCUT2D eigenvalue weighted by Gasteiger charge is -2.26. The Bertz CT molecular complexity index is 2870. The highest BCUT2D eigenvalue weighted by molar-refractivity contribution is 7.86. The first kappa shape index (κ1) is 49.0. The number of benzene rings is 4. The molecule has 2 atom stereocenters. The number of halogens is 4. The Hall–Kier alpha value is -7.06. The molecule has 0 saturated carbocycles. The highest BCUT2D eigenvalue weighted by Crippen LogP contribution is 2.35. The van der Waals surface area contributed by atoms with Crippen molar-refractivity contribution in [3.05, 3.63) is 132 Å². The van der Waals surface area contributed by atoms with Crippen LogP contribution in [0.15, 0.2) is 97.3 Å². The lowest BCUT2D eigenvalue weighted by atomic mass is 10.0. The van der Waals surface area contributed by atoms with Crippen molar-refractivity contribution < 1.29 is 58.9 Å². The van der Waals surface area contributed by atoms with Crippen LogP contribution < -0.4 is 20.4 Å². The zero-order valence-electron chi connectivity index (χ0n) is 33.5. The number of rotatable bonds is 11. The molecule has 2 saturated heterocycles. The summed E-state index contributed by atoms with van der Waals surface area (Å²) in [6.07, 6.45) is 3.96. The van der Waals surface area contributed by atoms with Gasteiger partial charge in [0.25, 0.3) is 39.3 Å². The van der Waals surface area contributed by atoms with Crippen LogP contribution in [0.2, 0.25) is 0 Å². The first-order valence-corrected chi connectivity index (χ1v) is 21.0. The number of carbonyl (C=O) groups excluding carboxylic acids is 5. The summed E-state index contributed by atoms with van der Waals surface area (Å²) < 4.78 is 87.7. The van der Waals surface area contributed by atoms with Crippen LogP contribution in [0.5, 0.6) is 0 Å². The van der Waals surface area contributed by atoms with E-state index in [0.717, 1.165) is 59.3 Å². The minimum atomic E-state index is -4.20. The lowest BCUT2D eigenvalue weighted by Crippen LogP contribution is -2.55. The van der Waals surface area contributed by atoms with Gasteiger partial charge in [0.15, 0.2) is 0 Å². The van der Waals surface area contributed by atoms with E-state index in [1.807, 2.05) is 18.2 Å². The predicted octanol–water partition coefficient (Wildman–Crippen LogP) is 6.29. The number of nitrogens with zero attached hydrogens (tertiary/aromatic N) is 2. The Balaban J connectivity index is 0.000000237. The van der Waals surface area contributed by atoms with Crippen molar-refractivity contribution in [1.29, 1.82) is 0 Å². The van der Waals surface area contributed by atoms with Gasteiger partial charge in [0.2, 0.25) is 5.60 Å². The molecule has 2 aromatic heterocycles. The highest BCUT2D eigenvalue weighted by Gasteiger charge is 2.57. The molecule has 0 unspecified atom stereocenters. The first-order valence-electron chi connectivity index (χ1n) is 19.2. The summed E-state index contributed by atoms with van der Waals surface area (Å²) in [6.45, 7) is 0.735. The van der Waals surface area contributed by atoms with Crippen molar-refractivity contribution in [2.45, 2.75) is 58.9 Å². The number of aromatic nitrogens is 2. The number of H-pyrrole nitrogens is 2. The lowest BCUT2D eigenvalue weighted by molar-refractivity contribution is -0.170. The number of carbonyl (C=O) groups is 5. The molecule has 2 fully saturated rings. The Kier molecular flexibility index (Phi) is 14.6. The standard InChI is InChI=1S/C22H19F2N3O4.C21H19F2N3O5S.2CH4/c1-13(28)31-22(20(29)26-12-14-8-16(23)11-17(24)9-14)5-7-27(21(22)30)18-2-3-19-15(10-18)4-6-25-19;1-32(29,30)31-21(19(27)25-12-13-8-15(22)11-16(23)9-13)5-7-26(20(21)28)17-2-3-18-14(10-17)4-6-24-18;;/h2-4,6,8-11,25H,5,7,12H2,1H3,(H,26,29);2-4,6,8-11,24H,5,7,12H2,1H3,(H,25,27);2*1H4/t22-;21-;;/m01../s1. The van der Waals surface area contributed by atoms with E-state index in [0.29, 0.717) is 23.5 Å². The van der Waals surface area contributed by atoms with Gasteiger partial charge in [-0.15, -0.1) is 0 Å². The Labute approximate surface area is 371 Å². The van der Waals surface area contributed by atoms with Crippen molar-refractivity contribution in [1.82, 2.24) is 20.6 Å². The monoisotopic (exact) mass is 922 g/mol. The third kappa shape index (κ3) is 10.5. The van der Waals surface area contributed by atoms with E-state index >= 15 is 0 Å². The molecule has 6 aromatic rings. The van der Waals surface area contributed by atoms with E-state index in [1.165, 1.54) is 9.80 Å². The number of hydrogen-bond donors (Lipinski definition) is 4. The molecule has 344 valence electrons. The number of nitrogens with one attached hydrogen (secondary N) is 4. The van der Waals surface area contributed by atoms with Crippen molar-refractivity contribution in [2.75, 3.05) is 29.1 Å². The van der Waals surface area contributed by atoms with Crippen LogP contribution in [0.4, 0.5) is 28.9 Å². The zero-order chi connectivity index (χ0) is 45.3. The van der Waals surface area contributed by atoms with Gasteiger partial charge in [0, 0.05) is 104 Å². The maximum atomic E-state index is 13.4. The van der Waals surface area contributed by atoms with Gasteiger partial charge < -0.3 is 35.1 Å². The average Bonchev–Trinajstić information content (AvgIpc) is 4.01. The minimum absolute atomic E-state index is 0. The molecule has 65 heavy (non-hydrogen) atoms. The van der Waals surface area contributed by atoms with Crippen LogP contribution in [-0.4, -0.2) is 78.5 Å². The number of anilines is 2. The van der Waals surface area contributed by atoms with Crippen LogP contribution in [0.1, 0.15) is 45.7 Å². The summed E-state index contributed by atoms with van der Waals surface area (Å²) in [6, 6.07) is 19.7. The van der Waals surface area contributed by atoms with E-state index in [9.17, 15) is 50.0 Å². The third-order valence-electron chi connectivity index (χ3n) is 10.3. The van der Waals surface area contributed by atoms with Crippen LogP contribution in [0, 0.1) is 23.3 Å². The van der Waals surface area contributed by atoms with Crippen LogP contribution in [0.25, 0.3) is 21.8 Å². The zero-order valence-corrected chi connectivity index (χ0v) is 34.3. The molecule has 0 spiro atoms. The fourth-order valence-corrected chi connectivity index (χ4v) is 8.31. The molecule has 15 nitrogen and oxygen atoms in total. The molecular formula is C45H46F4N6O9S. The van der Waals surface area contributed by atoms with Gasteiger partial charge in [-0.2, -0.15) is 8.42 Å². The molecular weight excluding hydrogens is 877 g/mol. The quantitative estimate of drug-likeness (QED) is 0.0499. The summed E-state index contributed by atoms with van der Waals surface area (Å²) >= 11 is 0. The number of amides is 4. The first-order chi connectivity index (χ1) is 29.9. The molecule has 0 radical (unpaired) electrons. The topological polar surface area (TPSA) is 200 Å².